The van der Waals surface area contributed by atoms with Crippen molar-refractivity contribution in [3.8, 4) is 11.8 Å². The van der Waals surface area contributed by atoms with Crippen molar-refractivity contribution in [3.05, 3.63) is 47.8 Å². The molecule has 112 valence electrons. The Kier molecular flexibility index (Phi) is 5.97. The van der Waals surface area contributed by atoms with E-state index >= 15 is 0 Å². The van der Waals surface area contributed by atoms with Gasteiger partial charge in [-0.1, -0.05) is 30.3 Å². The second-order valence-electron chi connectivity index (χ2n) is 4.64. The summed E-state index contributed by atoms with van der Waals surface area (Å²) in [6.07, 6.45) is 3.58. The fourth-order valence-corrected chi connectivity index (χ4v) is 2.16. The number of benzene rings is 1. The van der Waals surface area contributed by atoms with Gasteiger partial charge in [0.05, 0.1) is 19.8 Å². The molecule has 0 aliphatic rings. The van der Waals surface area contributed by atoms with E-state index in [1.807, 2.05) is 6.07 Å². The van der Waals surface area contributed by atoms with Crippen molar-refractivity contribution in [2.24, 2.45) is 0 Å². The van der Waals surface area contributed by atoms with Gasteiger partial charge in [0.25, 0.3) is 0 Å². The summed E-state index contributed by atoms with van der Waals surface area (Å²) in [6.45, 7) is 1.54. The lowest BCUT2D eigenvalue weighted by atomic mass is 10.1. The summed E-state index contributed by atoms with van der Waals surface area (Å²) in [5.41, 5.74) is 2.21. The highest BCUT2D eigenvalue weighted by atomic mass is 16.5. The van der Waals surface area contributed by atoms with Gasteiger partial charge in [0, 0.05) is 6.54 Å². The van der Waals surface area contributed by atoms with E-state index in [9.17, 15) is 0 Å². The van der Waals surface area contributed by atoms with Crippen LogP contribution in [0.2, 0.25) is 0 Å². The van der Waals surface area contributed by atoms with Crippen molar-refractivity contribution >= 4 is 0 Å². The third kappa shape index (κ3) is 4.43. The van der Waals surface area contributed by atoms with E-state index in [0.29, 0.717) is 18.3 Å². The van der Waals surface area contributed by atoms with E-state index < -0.39 is 0 Å². The van der Waals surface area contributed by atoms with Crippen LogP contribution < -0.4 is 14.8 Å². The largest absolute Gasteiger partial charge is 0.481 e. The second-order valence-corrected chi connectivity index (χ2v) is 4.64. The molecule has 5 heteroatoms. The average molecular weight is 287 g/mol. The summed E-state index contributed by atoms with van der Waals surface area (Å²) < 4.78 is 10.5. The van der Waals surface area contributed by atoms with E-state index in [4.69, 9.17) is 9.47 Å². The lowest BCUT2D eigenvalue weighted by Crippen LogP contribution is -2.17. The normalized spacial score (nSPS) is 10.4. The Morgan fingerprint density at radius 1 is 1.00 bits per heavy atom. The van der Waals surface area contributed by atoms with Gasteiger partial charge in [0.15, 0.2) is 0 Å². The van der Waals surface area contributed by atoms with Crippen LogP contribution in [0.3, 0.4) is 0 Å². The molecule has 0 amide bonds. The number of ether oxygens (including phenoxy) is 2. The molecule has 1 heterocycles. The zero-order chi connectivity index (χ0) is 14.9. The second kappa shape index (κ2) is 8.21. The molecule has 0 saturated carbocycles. The van der Waals surface area contributed by atoms with Crippen LogP contribution in [0.4, 0.5) is 0 Å². The molecule has 0 aliphatic carbocycles. The Bertz CT molecular complexity index is 524. The van der Waals surface area contributed by atoms with Gasteiger partial charge in [0.2, 0.25) is 11.8 Å². The minimum absolute atomic E-state index is 0.553. The maximum atomic E-state index is 5.24. The summed E-state index contributed by atoms with van der Waals surface area (Å²) in [5.74, 6) is 1.11. The van der Waals surface area contributed by atoms with Gasteiger partial charge in [-0.25, -0.2) is 9.97 Å². The Morgan fingerprint density at radius 2 is 1.67 bits per heavy atom. The zero-order valence-corrected chi connectivity index (χ0v) is 12.5. The average Bonchev–Trinajstić information content (AvgIpc) is 2.55. The van der Waals surface area contributed by atoms with Crippen molar-refractivity contribution in [1.82, 2.24) is 15.3 Å². The molecule has 21 heavy (non-hydrogen) atoms. The van der Waals surface area contributed by atoms with Crippen molar-refractivity contribution in [1.29, 1.82) is 0 Å². The summed E-state index contributed by atoms with van der Waals surface area (Å²) in [5, 5.41) is 3.38. The van der Waals surface area contributed by atoms with Crippen LogP contribution in [0.25, 0.3) is 0 Å². The van der Waals surface area contributed by atoms with Gasteiger partial charge >= 0.3 is 0 Å². The molecule has 0 aliphatic heterocycles. The van der Waals surface area contributed by atoms with E-state index in [1.165, 1.54) is 11.9 Å². The summed E-state index contributed by atoms with van der Waals surface area (Å²) in [7, 11) is 3.20. The third-order valence-corrected chi connectivity index (χ3v) is 3.22. The molecular formula is C16H21N3O2. The number of aromatic nitrogens is 2. The number of hydrogen-bond acceptors (Lipinski definition) is 5. The SMILES string of the molecule is COc1ncnc(OC)c1CNCCCc1ccccc1. The van der Waals surface area contributed by atoms with Crippen molar-refractivity contribution < 1.29 is 9.47 Å². The third-order valence-electron chi connectivity index (χ3n) is 3.22. The van der Waals surface area contributed by atoms with Crippen molar-refractivity contribution in [3.63, 3.8) is 0 Å². The van der Waals surface area contributed by atoms with Crippen LogP contribution >= 0.6 is 0 Å². The predicted octanol–water partition coefficient (Wildman–Crippen LogP) is 2.22. The number of nitrogens with one attached hydrogen (secondary N) is 1. The Morgan fingerprint density at radius 3 is 2.29 bits per heavy atom. The summed E-state index contributed by atoms with van der Waals surface area (Å²) >= 11 is 0. The monoisotopic (exact) mass is 287 g/mol. The molecule has 0 spiro atoms. The molecule has 2 rings (SSSR count). The first-order chi connectivity index (χ1) is 10.3. The Labute approximate surface area is 125 Å². The first-order valence-corrected chi connectivity index (χ1v) is 7.01. The minimum Gasteiger partial charge on any atom is -0.481 e. The molecule has 0 fully saturated rings. The molecule has 1 aromatic carbocycles. The molecule has 0 atom stereocenters. The van der Waals surface area contributed by atoms with E-state index in [1.54, 1.807) is 14.2 Å². The molecule has 5 nitrogen and oxygen atoms in total. The van der Waals surface area contributed by atoms with Crippen LogP contribution in [0, 0.1) is 0 Å². The van der Waals surface area contributed by atoms with Gasteiger partial charge in [-0.05, 0) is 24.9 Å². The fraction of sp³-hybridized carbons (Fsp3) is 0.375. The molecule has 0 radical (unpaired) electrons. The van der Waals surface area contributed by atoms with E-state index in [2.05, 4.69) is 39.6 Å². The van der Waals surface area contributed by atoms with Crippen LogP contribution in [-0.2, 0) is 13.0 Å². The summed E-state index contributed by atoms with van der Waals surface area (Å²) in [6, 6.07) is 10.5. The van der Waals surface area contributed by atoms with Crippen molar-refractivity contribution in [2.75, 3.05) is 20.8 Å². The topological polar surface area (TPSA) is 56.3 Å². The number of aryl methyl sites for hydroxylation is 1. The Hall–Kier alpha value is -2.14. The quantitative estimate of drug-likeness (QED) is 0.754. The first kappa shape index (κ1) is 15.3. The van der Waals surface area contributed by atoms with Gasteiger partial charge in [-0.3, -0.25) is 0 Å². The van der Waals surface area contributed by atoms with Crippen LogP contribution in [0.5, 0.6) is 11.8 Å². The highest BCUT2D eigenvalue weighted by molar-refractivity contribution is 5.34. The molecule has 0 saturated heterocycles. The number of rotatable bonds is 8. The van der Waals surface area contributed by atoms with Gasteiger partial charge in [-0.15, -0.1) is 0 Å². The molecule has 0 unspecified atom stereocenters. The number of hydrogen-bond donors (Lipinski definition) is 1. The van der Waals surface area contributed by atoms with Crippen LogP contribution in [0.15, 0.2) is 36.7 Å². The van der Waals surface area contributed by atoms with Gasteiger partial charge in [0.1, 0.15) is 6.33 Å². The molecule has 1 aromatic heterocycles. The zero-order valence-electron chi connectivity index (χ0n) is 12.5. The summed E-state index contributed by atoms with van der Waals surface area (Å²) in [4.78, 5) is 8.20. The molecular weight excluding hydrogens is 266 g/mol. The number of nitrogens with zero attached hydrogens (tertiary/aromatic N) is 2. The van der Waals surface area contributed by atoms with E-state index in [-0.39, 0.29) is 0 Å². The maximum absolute atomic E-state index is 5.24. The molecule has 0 bridgehead atoms. The number of methoxy groups -OCH3 is 2. The predicted molar refractivity (Wildman–Crippen MR) is 81.6 cm³/mol. The molecule has 1 N–H and O–H groups in total. The lowest BCUT2D eigenvalue weighted by Gasteiger charge is -2.11. The Balaban J connectivity index is 1.81. The minimum atomic E-state index is 0.553. The van der Waals surface area contributed by atoms with Gasteiger partial charge < -0.3 is 14.8 Å². The van der Waals surface area contributed by atoms with Crippen LogP contribution in [0.1, 0.15) is 17.5 Å². The smallest absolute Gasteiger partial charge is 0.224 e. The fourth-order valence-electron chi connectivity index (χ4n) is 2.16. The maximum Gasteiger partial charge on any atom is 0.224 e. The highest BCUT2D eigenvalue weighted by Crippen LogP contribution is 2.22. The molecule has 2 aromatic rings. The van der Waals surface area contributed by atoms with E-state index in [0.717, 1.165) is 24.9 Å². The highest BCUT2D eigenvalue weighted by Gasteiger charge is 2.11. The van der Waals surface area contributed by atoms with Gasteiger partial charge in [-0.2, -0.15) is 0 Å². The standard InChI is InChI=1S/C16H21N3O2/c1-20-15-14(16(21-2)19-12-18-15)11-17-10-6-9-13-7-4-3-5-8-13/h3-5,7-8,12,17H,6,9-11H2,1-2H3. The van der Waals surface area contributed by atoms with Crippen LogP contribution in [-0.4, -0.2) is 30.7 Å². The first-order valence-electron chi connectivity index (χ1n) is 7.01. The lowest BCUT2D eigenvalue weighted by molar-refractivity contribution is 0.359. The van der Waals surface area contributed by atoms with Crippen molar-refractivity contribution in [2.45, 2.75) is 19.4 Å².